The molecule has 0 aliphatic rings. The molecule has 0 saturated heterocycles. The van der Waals surface area contributed by atoms with Crippen LogP contribution in [-0.2, 0) is 11.3 Å². The summed E-state index contributed by atoms with van der Waals surface area (Å²) in [6.07, 6.45) is 5.39. The van der Waals surface area contributed by atoms with E-state index in [1.54, 1.807) is 30.6 Å². The number of hydrogen-bond acceptors (Lipinski definition) is 4. The Morgan fingerprint density at radius 1 is 1.14 bits per heavy atom. The van der Waals surface area contributed by atoms with E-state index in [4.69, 9.17) is 23.2 Å². The lowest BCUT2D eigenvalue weighted by atomic mass is 10.1. The molecule has 0 bridgehead atoms. The fourth-order valence-corrected chi connectivity index (χ4v) is 3.24. The highest BCUT2D eigenvalue weighted by molar-refractivity contribution is 6.43. The Hall–Kier alpha value is -3.16. The van der Waals surface area contributed by atoms with Crippen LogP contribution in [-0.4, -0.2) is 30.5 Å². The molecule has 0 unspecified atom stereocenters. The Bertz CT molecular complexity index is 1170. The van der Waals surface area contributed by atoms with Gasteiger partial charge in [0.15, 0.2) is 0 Å². The summed E-state index contributed by atoms with van der Waals surface area (Å²) in [7, 11) is 0. The second-order valence-electron chi connectivity index (χ2n) is 6.34. The molecule has 0 spiro atoms. The number of nitrogens with zero attached hydrogens (tertiary/aromatic N) is 5. The number of halogens is 2. The van der Waals surface area contributed by atoms with Crippen LogP contribution in [0.1, 0.15) is 5.82 Å². The number of hydrogen-bond donors (Lipinski definition) is 1. The zero-order chi connectivity index (χ0) is 20.4. The predicted molar refractivity (Wildman–Crippen MR) is 112 cm³/mol. The summed E-state index contributed by atoms with van der Waals surface area (Å²) in [5.74, 6) is 0.631. The summed E-state index contributed by atoms with van der Waals surface area (Å²) in [6, 6.07) is 12.9. The van der Waals surface area contributed by atoms with Crippen LogP contribution >= 0.6 is 23.2 Å². The summed E-state index contributed by atoms with van der Waals surface area (Å²) < 4.78 is 3.46. The quantitative estimate of drug-likeness (QED) is 0.513. The molecular formula is C20H16Cl2N6O. The molecule has 2 aromatic carbocycles. The van der Waals surface area contributed by atoms with Gasteiger partial charge in [0.1, 0.15) is 18.1 Å². The summed E-state index contributed by atoms with van der Waals surface area (Å²) in [6.45, 7) is 1.95. The van der Waals surface area contributed by atoms with Gasteiger partial charge in [0, 0.05) is 23.6 Å². The van der Waals surface area contributed by atoms with Crippen molar-refractivity contribution in [1.29, 1.82) is 0 Å². The lowest BCUT2D eigenvalue weighted by Crippen LogP contribution is -2.19. The van der Waals surface area contributed by atoms with Crippen molar-refractivity contribution in [3.63, 3.8) is 0 Å². The summed E-state index contributed by atoms with van der Waals surface area (Å²) in [4.78, 5) is 16.5. The van der Waals surface area contributed by atoms with Gasteiger partial charge in [0.05, 0.1) is 21.9 Å². The van der Waals surface area contributed by atoms with Crippen molar-refractivity contribution in [2.75, 3.05) is 5.32 Å². The molecule has 2 heterocycles. The third-order valence-electron chi connectivity index (χ3n) is 4.34. The van der Waals surface area contributed by atoms with Gasteiger partial charge in [0.25, 0.3) is 0 Å². The smallest absolute Gasteiger partial charge is 0.246 e. The normalized spacial score (nSPS) is 10.9. The van der Waals surface area contributed by atoms with E-state index in [-0.39, 0.29) is 12.5 Å². The van der Waals surface area contributed by atoms with Crippen molar-refractivity contribution in [1.82, 2.24) is 24.5 Å². The average molecular weight is 427 g/mol. The largest absolute Gasteiger partial charge is 0.323 e. The predicted octanol–water partition coefficient (Wildman–Crippen LogP) is 4.38. The van der Waals surface area contributed by atoms with E-state index in [0.29, 0.717) is 21.4 Å². The molecular weight excluding hydrogens is 411 g/mol. The number of imidazole rings is 1. The Labute approximate surface area is 176 Å². The van der Waals surface area contributed by atoms with Gasteiger partial charge in [-0.25, -0.2) is 9.67 Å². The van der Waals surface area contributed by atoms with E-state index in [1.165, 1.54) is 4.68 Å². The van der Waals surface area contributed by atoms with Gasteiger partial charge in [-0.1, -0.05) is 46.6 Å². The molecule has 1 amide bonds. The third-order valence-corrected chi connectivity index (χ3v) is 5.16. The SMILES string of the molecule is Cc1nccn1-c1ccc(-c2cn(CC(=O)Nc3cccc(Cl)c3Cl)nn2)cc1. The number of benzene rings is 2. The maximum Gasteiger partial charge on any atom is 0.246 e. The van der Waals surface area contributed by atoms with Crippen molar-refractivity contribution in [2.45, 2.75) is 13.5 Å². The lowest BCUT2D eigenvalue weighted by molar-refractivity contribution is -0.116. The standard InChI is InChI=1S/C20H16Cl2N6O/c1-13-23-9-10-28(13)15-7-5-14(6-8-15)18-11-27(26-25-18)12-19(29)24-17-4-2-3-16(21)20(17)22/h2-11H,12H2,1H3,(H,24,29). The van der Waals surface area contributed by atoms with Crippen LogP contribution in [0.25, 0.3) is 16.9 Å². The van der Waals surface area contributed by atoms with E-state index in [2.05, 4.69) is 20.6 Å². The molecule has 1 N–H and O–H groups in total. The first-order valence-electron chi connectivity index (χ1n) is 8.76. The van der Waals surface area contributed by atoms with E-state index in [0.717, 1.165) is 17.1 Å². The van der Waals surface area contributed by atoms with Gasteiger partial charge in [-0.3, -0.25) is 4.79 Å². The zero-order valence-electron chi connectivity index (χ0n) is 15.4. The molecule has 146 valence electrons. The first-order chi connectivity index (χ1) is 14.0. The van der Waals surface area contributed by atoms with Crippen molar-refractivity contribution >= 4 is 34.8 Å². The molecule has 0 atom stereocenters. The van der Waals surface area contributed by atoms with Crippen LogP contribution in [0.4, 0.5) is 5.69 Å². The third kappa shape index (κ3) is 4.16. The van der Waals surface area contributed by atoms with Crippen LogP contribution in [0.5, 0.6) is 0 Å². The molecule has 7 nitrogen and oxygen atoms in total. The number of amides is 1. The first kappa shape index (κ1) is 19.2. The molecule has 4 aromatic rings. The van der Waals surface area contributed by atoms with Crippen molar-refractivity contribution < 1.29 is 4.79 Å². The molecule has 0 radical (unpaired) electrons. The number of aromatic nitrogens is 5. The highest BCUT2D eigenvalue weighted by Gasteiger charge is 2.11. The molecule has 9 heteroatoms. The number of carbonyl (C=O) groups excluding carboxylic acids is 1. The van der Waals surface area contributed by atoms with Gasteiger partial charge in [-0.05, 0) is 31.2 Å². The Morgan fingerprint density at radius 3 is 2.66 bits per heavy atom. The number of aryl methyl sites for hydroxylation is 1. The molecule has 0 fully saturated rings. The molecule has 0 aliphatic carbocycles. The monoisotopic (exact) mass is 426 g/mol. The molecule has 4 rings (SSSR count). The van der Waals surface area contributed by atoms with Crippen LogP contribution in [0.2, 0.25) is 10.0 Å². The molecule has 0 saturated carbocycles. The van der Waals surface area contributed by atoms with Crippen LogP contribution in [0.15, 0.2) is 61.1 Å². The molecule has 2 aromatic heterocycles. The van der Waals surface area contributed by atoms with E-state index < -0.39 is 0 Å². The number of rotatable bonds is 5. The lowest BCUT2D eigenvalue weighted by Gasteiger charge is -2.07. The average Bonchev–Trinajstić information content (AvgIpc) is 3.34. The van der Waals surface area contributed by atoms with Gasteiger partial charge in [-0.15, -0.1) is 5.10 Å². The van der Waals surface area contributed by atoms with Crippen molar-refractivity contribution in [3.05, 3.63) is 76.9 Å². The Morgan fingerprint density at radius 2 is 1.93 bits per heavy atom. The highest BCUT2D eigenvalue weighted by atomic mass is 35.5. The van der Waals surface area contributed by atoms with Crippen LogP contribution in [0.3, 0.4) is 0 Å². The fraction of sp³-hybridized carbons (Fsp3) is 0.100. The molecule has 29 heavy (non-hydrogen) atoms. The minimum absolute atomic E-state index is 0.00214. The first-order valence-corrected chi connectivity index (χ1v) is 9.51. The summed E-state index contributed by atoms with van der Waals surface area (Å²) in [5.41, 5.74) is 3.03. The van der Waals surface area contributed by atoms with Crippen molar-refractivity contribution in [3.8, 4) is 16.9 Å². The minimum atomic E-state index is -0.281. The topological polar surface area (TPSA) is 77.6 Å². The van der Waals surface area contributed by atoms with Gasteiger partial charge in [-0.2, -0.15) is 0 Å². The molecule has 0 aliphatic heterocycles. The fourth-order valence-electron chi connectivity index (χ4n) is 2.89. The Kier molecular flexibility index (Phi) is 5.33. The van der Waals surface area contributed by atoms with Crippen LogP contribution < -0.4 is 5.32 Å². The second-order valence-corrected chi connectivity index (χ2v) is 7.13. The van der Waals surface area contributed by atoms with E-state index in [1.807, 2.05) is 42.0 Å². The highest BCUT2D eigenvalue weighted by Crippen LogP contribution is 2.29. The summed E-state index contributed by atoms with van der Waals surface area (Å²) >= 11 is 12.1. The maximum atomic E-state index is 12.3. The van der Waals surface area contributed by atoms with Crippen molar-refractivity contribution in [2.24, 2.45) is 0 Å². The maximum absolute atomic E-state index is 12.3. The van der Waals surface area contributed by atoms with E-state index >= 15 is 0 Å². The van der Waals surface area contributed by atoms with Gasteiger partial charge < -0.3 is 9.88 Å². The minimum Gasteiger partial charge on any atom is -0.323 e. The number of carbonyl (C=O) groups is 1. The van der Waals surface area contributed by atoms with E-state index in [9.17, 15) is 4.79 Å². The number of anilines is 1. The zero-order valence-corrected chi connectivity index (χ0v) is 16.9. The Balaban J connectivity index is 1.45. The number of nitrogens with one attached hydrogen (secondary N) is 1. The van der Waals surface area contributed by atoms with Gasteiger partial charge in [0.2, 0.25) is 5.91 Å². The summed E-state index contributed by atoms with van der Waals surface area (Å²) in [5, 5.41) is 11.6. The van der Waals surface area contributed by atoms with Crippen LogP contribution in [0, 0.1) is 6.92 Å². The van der Waals surface area contributed by atoms with Gasteiger partial charge >= 0.3 is 0 Å². The second kappa shape index (κ2) is 8.06.